The van der Waals surface area contributed by atoms with E-state index < -0.39 is 12.1 Å². The number of carboxylic acid groups (broad SMARTS) is 1. The second-order valence-corrected chi connectivity index (χ2v) is 9.86. The summed E-state index contributed by atoms with van der Waals surface area (Å²) in [7, 11) is 0. The normalized spacial score (nSPS) is 17.5. The monoisotopic (exact) mass is 448 g/mol. The highest BCUT2D eigenvalue weighted by Gasteiger charge is 2.31. The summed E-state index contributed by atoms with van der Waals surface area (Å²) in [6.45, 7) is 2.15. The molecular formula is C22H28N2O4S2. The Kier molecular flexibility index (Phi) is 8.30. The van der Waals surface area contributed by atoms with Crippen molar-refractivity contribution in [3.63, 3.8) is 0 Å². The van der Waals surface area contributed by atoms with E-state index in [-0.39, 0.29) is 16.8 Å². The number of aliphatic hydroxyl groups excluding tert-OH is 1. The van der Waals surface area contributed by atoms with Gasteiger partial charge < -0.3 is 15.1 Å². The molecule has 162 valence electrons. The van der Waals surface area contributed by atoms with Gasteiger partial charge in [-0.2, -0.15) is 0 Å². The molecule has 1 saturated heterocycles. The van der Waals surface area contributed by atoms with E-state index in [0.29, 0.717) is 6.42 Å². The summed E-state index contributed by atoms with van der Waals surface area (Å²) in [6.07, 6.45) is 7.13. The lowest BCUT2D eigenvalue weighted by Gasteiger charge is -2.25. The van der Waals surface area contributed by atoms with Crippen LogP contribution in [0.1, 0.15) is 73.2 Å². The van der Waals surface area contributed by atoms with Gasteiger partial charge >= 0.3 is 5.97 Å². The summed E-state index contributed by atoms with van der Waals surface area (Å²) in [6, 6.07) is 7.84. The highest BCUT2D eigenvalue weighted by Crippen LogP contribution is 2.32. The number of amides is 1. The van der Waals surface area contributed by atoms with Gasteiger partial charge in [0.25, 0.3) is 0 Å². The molecule has 6 nitrogen and oxygen atoms in total. The van der Waals surface area contributed by atoms with Crippen molar-refractivity contribution in [1.29, 1.82) is 0 Å². The lowest BCUT2D eigenvalue weighted by molar-refractivity contribution is -0.117. The number of rotatable bonds is 11. The van der Waals surface area contributed by atoms with Crippen molar-refractivity contribution in [2.24, 2.45) is 0 Å². The second-order valence-electron chi connectivity index (χ2n) is 7.49. The molecule has 2 N–H and O–H groups in total. The third-order valence-corrected chi connectivity index (χ3v) is 7.51. The number of hydrogen-bond acceptors (Lipinski definition) is 6. The fourth-order valence-corrected chi connectivity index (χ4v) is 5.62. The minimum Gasteiger partial charge on any atom is -0.477 e. The Labute approximate surface area is 185 Å². The van der Waals surface area contributed by atoms with E-state index in [4.69, 9.17) is 5.11 Å². The predicted octanol–water partition coefficient (Wildman–Crippen LogP) is 5.13. The van der Waals surface area contributed by atoms with Gasteiger partial charge in [-0.15, -0.1) is 11.3 Å². The van der Waals surface area contributed by atoms with Gasteiger partial charge in [0.1, 0.15) is 4.88 Å². The van der Waals surface area contributed by atoms with Crippen molar-refractivity contribution in [2.75, 3.05) is 10.7 Å². The lowest BCUT2D eigenvalue weighted by atomic mass is 10.0. The summed E-state index contributed by atoms with van der Waals surface area (Å²) in [4.78, 5) is 29.7. The maximum atomic E-state index is 12.5. The first-order valence-electron chi connectivity index (χ1n) is 10.4. The van der Waals surface area contributed by atoms with Gasteiger partial charge in [-0.1, -0.05) is 50.1 Å². The Hall–Kier alpha value is -1.90. The summed E-state index contributed by atoms with van der Waals surface area (Å²) < 4.78 is 0.740. The molecule has 0 aliphatic carbocycles. The van der Waals surface area contributed by atoms with E-state index in [1.807, 2.05) is 29.2 Å². The number of thioether (sulfide) groups is 1. The van der Waals surface area contributed by atoms with Crippen LogP contribution in [-0.2, 0) is 4.79 Å². The van der Waals surface area contributed by atoms with E-state index in [9.17, 15) is 14.7 Å². The van der Waals surface area contributed by atoms with Gasteiger partial charge in [0.15, 0.2) is 4.34 Å². The number of thiazole rings is 1. The van der Waals surface area contributed by atoms with Crippen LogP contribution in [-0.4, -0.2) is 38.9 Å². The largest absolute Gasteiger partial charge is 0.477 e. The van der Waals surface area contributed by atoms with Gasteiger partial charge in [0.2, 0.25) is 5.91 Å². The molecule has 8 heteroatoms. The standard InChI is InChI=1S/C22H28N2O4S2/c1-2-3-4-5-18(25)15-6-8-16(9-7-15)24-17(10-11-20(24)26)12-13-29-22-23-14-19(30-22)21(27)28/h6-9,14,17-18,25H,2-5,10-13H2,1H3,(H,27,28)/t17-,18-/m1/s1. The summed E-state index contributed by atoms with van der Waals surface area (Å²) >= 11 is 2.71. The minimum atomic E-state index is -0.953. The van der Waals surface area contributed by atoms with Crippen LogP contribution in [0.25, 0.3) is 0 Å². The minimum absolute atomic E-state index is 0.128. The molecular weight excluding hydrogens is 420 g/mol. The molecule has 1 aliphatic heterocycles. The molecule has 2 heterocycles. The molecule has 1 aromatic heterocycles. The van der Waals surface area contributed by atoms with Crippen molar-refractivity contribution in [2.45, 2.75) is 68.4 Å². The second kappa shape index (κ2) is 10.9. The van der Waals surface area contributed by atoms with Crippen LogP contribution in [0.2, 0.25) is 0 Å². The van der Waals surface area contributed by atoms with Crippen LogP contribution < -0.4 is 4.90 Å². The number of carbonyl (C=O) groups excluding carboxylic acids is 1. The fourth-order valence-electron chi connectivity index (χ4n) is 3.69. The zero-order chi connectivity index (χ0) is 21.5. The molecule has 0 saturated carbocycles. The van der Waals surface area contributed by atoms with Crippen molar-refractivity contribution >= 4 is 40.7 Å². The van der Waals surface area contributed by atoms with Crippen LogP contribution in [0.3, 0.4) is 0 Å². The molecule has 3 rings (SSSR count). The smallest absolute Gasteiger partial charge is 0.347 e. The number of benzene rings is 1. The Balaban J connectivity index is 1.56. The first-order valence-corrected chi connectivity index (χ1v) is 12.2. The number of carboxylic acids is 1. The highest BCUT2D eigenvalue weighted by atomic mass is 32.2. The molecule has 0 spiro atoms. The zero-order valence-corrected chi connectivity index (χ0v) is 18.8. The Morgan fingerprint density at radius 3 is 2.77 bits per heavy atom. The van der Waals surface area contributed by atoms with Crippen molar-refractivity contribution in [3.8, 4) is 0 Å². The molecule has 0 bridgehead atoms. The molecule has 30 heavy (non-hydrogen) atoms. The van der Waals surface area contributed by atoms with Crippen LogP contribution in [0.5, 0.6) is 0 Å². The van der Waals surface area contributed by atoms with Crippen LogP contribution in [0.15, 0.2) is 34.8 Å². The molecule has 2 atom stereocenters. The maximum Gasteiger partial charge on any atom is 0.347 e. The number of hydrogen-bond donors (Lipinski definition) is 2. The quantitative estimate of drug-likeness (QED) is 0.366. The topological polar surface area (TPSA) is 90.7 Å². The number of aromatic nitrogens is 1. The van der Waals surface area contributed by atoms with E-state index in [0.717, 1.165) is 59.9 Å². The average Bonchev–Trinajstić information content (AvgIpc) is 3.35. The van der Waals surface area contributed by atoms with Crippen LogP contribution in [0, 0.1) is 0 Å². The number of carbonyl (C=O) groups is 2. The Morgan fingerprint density at radius 2 is 2.10 bits per heavy atom. The molecule has 1 aromatic carbocycles. The van der Waals surface area contributed by atoms with E-state index in [2.05, 4.69) is 11.9 Å². The predicted molar refractivity (Wildman–Crippen MR) is 120 cm³/mol. The average molecular weight is 449 g/mol. The van der Waals surface area contributed by atoms with Gasteiger partial charge in [-0.3, -0.25) is 4.79 Å². The Morgan fingerprint density at radius 1 is 1.33 bits per heavy atom. The SMILES string of the molecule is CCCCC[C@@H](O)c1ccc(N2C(=O)CC[C@@H]2CCSc2ncc(C(=O)O)s2)cc1. The molecule has 2 aromatic rings. The van der Waals surface area contributed by atoms with Gasteiger partial charge in [0, 0.05) is 23.9 Å². The first-order chi connectivity index (χ1) is 14.5. The van der Waals surface area contributed by atoms with Crippen LogP contribution >= 0.6 is 23.1 Å². The zero-order valence-electron chi connectivity index (χ0n) is 17.1. The number of nitrogens with zero attached hydrogens (tertiary/aromatic N) is 2. The first kappa shape index (κ1) is 22.8. The highest BCUT2D eigenvalue weighted by molar-refractivity contribution is 8.01. The summed E-state index contributed by atoms with van der Waals surface area (Å²) in [5.74, 6) is -0.0515. The van der Waals surface area contributed by atoms with Crippen molar-refractivity contribution in [1.82, 2.24) is 4.98 Å². The van der Waals surface area contributed by atoms with Gasteiger partial charge in [-0.25, -0.2) is 9.78 Å². The molecule has 1 aliphatic rings. The lowest BCUT2D eigenvalue weighted by Crippen LogP contribution is -2.33. The number of unbranched alkanes of at least 4 members (excludes halogenated alkanes) is 2. The number of anilines is 1. The third kappa shape index (κ3) is 5.83. The fraction of sp³-hybridized carbons (Fsp3) is 0.500. The van der Waals surface area contributed by atoms with Gasteiger partial charge in [-0.05, 0) is 37.0 Å². The Bertz CT molecular complexity index is 853. The number of aliphatic hydroxyl groups is 1. The van der Waals surface area contributed by atoms with Crippen molar-refractivity contribution in [3.05, 3.63) is 40.9 Å². The van der Waals surface area contributed by atoms with E-state index in [1.54, 1.807) is 0 Å². The number of aromatic carboxylic acids is 1. The molecule has 1 fully saturated rings. The van der Waals surface area contributed by atoms with Crippen molar-refractivity contribution < 1.29 is 19.8 Å². The van der Waals surface area contributed by atoms with Gasteiger partial charge in [0.05, 0.1) is 12.3 Å². The molecule has 0 radical (unpaired) electrons. The molecule has 1 amide bonds. The van der Waals surface area contributed by atoms with E-state index >= 15 is 0 Å². The third-order valence-electron chi connectivity index (χ3n) is 5.33. The maximum absolute atomic E-state index is 12.5. The molecule has 0 unspecified atom stereocenters. The van der Waals surface area contributed by atoms with E-state index in [1.165, 1.54) is 29.3 Å². The van der Waals surface area contributed by atoms with Crippen LogP contribution in [0.4, 0.5) is 5.69 Å². The summed E-state index contributed by atoms with van der Waals surface area (Å²) in [5, 5.41) is 19.3. The summed E-state index contributed by atoms with van der Waals surface area (Å²) in [5.41, 5.74) is 1.77.